The zero-order valence-electron chi connectivity index (χ0n) is 8.10. The third-order valence-electron chi connectivity index (χ3n) is 1.79. The second kappa shape index (κ2) is 7.04. The highest BCUT2D eigenvalue weighted by Crippen LogP contribution is 2.06. The fraction of sp³-hybridized carbons (Fsp3) is 0.600. The van der Waals surface area contributed by atoms with Crippen LogP contribution in [0.1, 0.15) is 20.3 Å². The lowest BCUT2D eigenvalue weighted by molar-refractivity contribution is 0.577. The Balaban J connectivity index is 3.91. The predicted octanol–water partition coefficient (Wildman–Crippen LogP) is 2.66. The molecule has 70 valence electrons. The molecule has 0 amide bonds. The highest BCUT2D eigenvalue weighted by atomic mass is 19.1. The van der Waals surface area contributed by atoms with Crippen molar-refractivity contribution in [1.82, 2.24) is 5.32 Å². The molecule has 1 nitrogen and oxygen atoms in total. The van der Waals surface area contributed by atoms with Crippen LogP contribution in [-0.4, -0.2) is 13.6 Å². The summed E-state index contributed by atoms with van der Waals surface area (Å²) in [5.74, 6) is 0.269. The molecule has 0 aliphatic rings. The van der Waals surface area contributed by atoms with E-state index in [-0.39, 0.29) is 5.83 Å². The second-order valence-electron chi connectivity index (χ2n) is 2.76. The van der Waals surface area contributed by atoms with Gasteiger partial charge in [0.2, 0.25) is 0 Å². The molecule has 0 rings (SSSR count). The molecule has 0 aliphatic carbocycles. The highest BCUT2D eigenvalue weighted by molar-refractivity contribution is 5.10. The van der Waals surface area contributed by atoms with E-state index in [0.29, 0.717) is 5.92 Å². The zero-order chi connectivity index (χ0) is 9.40. The first-order valence-corrected chi connectivity index (χ1v) is 4.39. The van der Waals surface area contributed by atoms with E-state index >= 15 is 0 Å². The summed E-state index contributed by atoms with van der Waals surface area (Å²) in [5.41, 5.74) is 0. The van der Waals surface area contributed by atoms with Crippen molar-refractivity contribution in [3.05, 3.63) is 24.1 Å². The molecular weight excluding hydrogens is 153 g/mol. The second-order valence-corrected chi connectivity index (χ2v) is 2.76. The number of allylic oxidation sites excluding steroid dienone is 3. The van der Waals surface area contributed by atoms with Gasteiger partial charge in [-0.3, -0.25) is 0 Å². The molecule has 0 bridgehead atoms. The molecule has 0 aliphatic heterocycles. The van der Waals surface area contributed by atoms with E-state index in [1.807, 2.05) is 13.1 Å². The van der Waals surface area contributed by atoms with Gasteiger partial charge in [0.05, 0.1) is 0 Å². The van der Waals surface area contributed by atoms with Crippen molar-refractivity contribution < 1.29 is 4.39 Å². The van der Waals surface area contributed by atoms with Gasteiger partial charge in [0.15, 0.2) is 0 Å². The van der Waals surface area contributed by atoms with Crippen molar-refractivity contribution in [3.8, 4) is 0 Å². The Morgan fingerprint density at radius 2 is 2.25 bits per heavy atom. The van der Waals surface area contributed by atoms with Gasteiger partial charge in [0.1, 0.15) is 5.83 Å². The Bertz CT molecular complexity index is 161. The largest absolute Gasteiger partial charge is 0.319 e. The molecule has 0 aromatic carbocycles. The number of halogens is 1. The molecule has 2 heteroatoms. The molecular formula is C10H18FN. The van der Waals surface area contributed by atoms with Crippen LogP contribution in [0.25, 0.3) is 0 Å². The normalized spacial score (nSPS) is 15.5. The summed E-state index contributed by atoms with van der Waals surface area (Å²) < 4.78 is 12.6. The summed E-state index contributed by atoms with van der Waals surface area (Å²) >= 11 is 0. The van der Waals surface area contributed by atoms with Gasteiger partial charge < -0.3 is 5.32 Å². The van der Waals surface area contributed by atoms with Crippen molar-refractivity contribution in [2.24, 2.45) is 5.92 Å². The number of rotatable bonds is 5. The molecule has 1 atom stereocenters. The average molecular weight is 171 g/mol. The quantitative estimate of drug-likeness (QED) is 0.627. The molecule has 1 N–H and O–H groups in total. The molecule has 0 saturated heterocycles. The van der Waals surface area contributed by atoms with E-state index in [0.717, 1.165) is 13.0 Å². The summed E-state index contributed by atoms with van der Waals surface area (Å²) in [5, 5.41) is 3.07. The maximum absolute atomic E-state index is 12.6. The van der Waals surface area contributed by atoms with Crippen molar-refractivity contribution >= 4 is 0 Å². The van der Waals surface area contributed by atoms with E-state index in [2.05, 4.69) is 12.2 Å². The van der Waals surface area contributed by atoms with Gasteiger partial charge in [0.25, 0.3) is 0 Å². The first kappa shape index (κ1) is 11.4. The fourth-order valence-corrected chi connectivity index (χ4v) is 0.935. The summed E-state index contributed by atoms with van der Waals surface area (Å²) in [4.78, 5) is 0. The van der Waals surface area contributed by atoms with E-state index < -0.39 is 0 Å². The minimum atomic E-state index is -0.162. The first-order valence-electron chi connectivity index (χ1n) is 4.39. The smallest absolute Gasteiger partial charge is 0.118 e. The van der Waals surface area contributed by atoms with Gasteiger partial charge in [-0.2, -0.15) is 0 Å². The van der Waals surface area contributed by atoms with Crippen molar-refractivity contribution in [3.63, 3.8) is 0 Å². The number of hydrogen-bond donors (Lipinski definition) is 1. The van der Waals surface area contributed by atoms with Crippen LogP contribution < -0.4 is 5.32 Å². The molecule has 12 heavy (non-hydrogen) atoms. The molecule has 0 fully saturated rings. The predicted molar refractivity (Wildman–Crippen MR) is 51.7 cm³/mol. The van der Waals surface area contributed by atoms with Crippen LogP contribution >= 0.6 is 0 Å². The van der Waals surface area contributed by atoms with Crippen LogP contribution in [-0.2, 0) is 0 Å². The average Bonchev–Trinajstić information content (AvgIpc) is 2.11. The summed E-state index contributed by atoms with van der Waals surface area (Å²) in [6.45, 7) is 4.70. The maximum atomic E-state index is 12.6. The lowest BCUT2D eigenvalue weighted by Gasteiger charge is -2.07. The number of hydrogen-bond acceptors (Lipinski definition) is 1. The standard InChI is InChI=1S/C10H18FN/c1-4-9(8-12-3)6-7-10(11)5-2/h5-7,9,12H,4,8H2,1-3H3/b7-6-,10-5+. The van der Waals surface area contributed by atoms with Gasteiger partial charge in [-0.1, -0.05) is 19.1 Å². The molecule has 0 saturated carbocycles. The molecule has 0 aromatic rings. The maximum Gasteiger partial charge on any atom is 0.118 e. The van der Waals surface area contributed by atoms with Crippen LogP contribution in [0.3, 0.4) is 0 Å². The monoisotopic (exact) mass is 171 g/mol. The van der Waals surface area contributed by atoms with E-state index in [4.69, 9.17) is 0 Å². The zero-order valence-corrected chi connectivity index (χ0v) is 8.10. The van der Waals surface area contributed by atoms with E-state index in [9.17, 15) is 4.39 Å². The number of nitrogens with one attached hydrogen (secondary N) is 1. The van der Waals surface area contributed by atoms with Crippen LogP contribution in [0.15, 0.2) is 24.1 Å². The Hall–Kier alpha value is -0.630. The van der Waals surface area contributed by atoms with E-state index in [1.165, 1.54) is 12.2 Å². The van der Waals surface area contributed by atoms with Crippen molar-refractivity contribution in [1.29, 1.82) is 0 Å². The van der Waals surface area contributed by atoms with Gasteiger partial charge in [-0.05, 0) is 32.4 Å². The molecule has 0 heterocycles. The van der Waals surface area contributed by atoms with Gasteiger partial charge in [-0.15, -0.1) is 0 Å². The van der Waals surface area contributed by atoms with Gasteiger partial charge in [-0.25, -0.2) is 4.39 Å². The molecule has 0 aromatic heterocycles. The third kappa shape index (κ3) is 5.08. The van der Waals surface area contributed by atoms with Crippen LogP contribution in [0.4, 0.5) is 4.39 Å². The summed E-state index contributed by atoms with van der Waals surface area (Å²) in [6, 6.07) is 0. The van der Waals surface area contributed by atoms with Crippen LogP contribution in [0, 0.1) is 5.92 Å². The summed E-state index contributed by atoms with van der Waals surface area (Å²) in [6.07, 6.45) is 5.94. The van der Waals surface area contributed by atoms with Gasteiger partial charge in [0, 0.05) is 6.54 Å². The van der Waals surface area contributed by atoms with Crippen molar-refractivity contribution in [2.45, 2.75) is 20.3 Å². The minimum absolute atomic E-state index is 0.162. The highest BCUT2D eigenvalue weighted by Gasteiger charge is 1.98. The van der Waals surface area contributed by atoms with Crippen molar-refractivity contribution in [2.75, 3.05) is 13.6 Å². The minimum Gasteiger partial charge on any atom is -0.319 e. The Kier molecular flexibility index (Phi) is 6.67. The Morgan fingerprint density at radius 1 is 1.58 bits per heavy atom. The molecule has 0 radical (unpaired) electrons. The topological polar surface area (TPSA) is 12.0 Å². The first-order chi connectivity index (χ1) is 5.74. The Labute approximate surface area is 74.4 Å². The third-order valence-corrected chi connectivity index (χ3v) is 1.79. The van der Waals surface area contributed by atoms with Crippen LogP contribution in [0.5, 0.6) is 0 Å². The van der Waals surface area contributed by atoms with E-state index in [1.54, 1.807) is 6.92 Å². The molecule has 0 spiro atoms. The Morgan fingerprint density at radius 3 is 2.67 bits per heavy atom. The summed E-state index contributed by atoms with van der Waals surface area (Å²) in [7, 11) is 1.91. The SMILES string of the molecule is C/C=C(F)\C=C/C(CC)CNC. The fourth-order valence-electron chi connectivity index (χ4n) is 0.935. The lowest BCUT2D eigenvalue weighted by atomic mass is 10.1. The lowest BCUT2D eigenvalue weighted by Crippen LogP contribution is -2.16. The van der Waals surface area contributed by atoms with Gasteiger partial charge >= 0.3 is 0 Å². The van der Waals surface area contributed by atoms with Crippen LogP contribution in [0.2, 0.25) is 0 Å². The molecule has 1 unspecified atom stereocenters.